The largest absolute Gasteiger partial charge is 0.383 e. The topological polar surface area (TPSA) is 89.6 Å². The van der Waals surface area contributed by atoms with E-state index in [4.69, 9.17) is 10.7 Å². The molecule has 1 aromatic carbocycles. The van der Waals surface area contributed by atoms with Gasteiger partial charge in [0.25, 0.3) is 5.56 Å². The van der Waals surface area contributed by atoms with E-state index in [0.29, 0.717) is 17.3 Å². The molecular weight excluding hydrogens is 338 g/mol. The van der Waals surface area contributed by atoms with E-state index in [9.17, 15) is 4.79 Å². The molecule has 3 aromatic heterocycles. The average molecular weight is 359 g/mol. The highest BCUT2D eigenvalue weighted by Crippen LogP contribution is 2.33. The zero-order valence-corrected chi connectivity index (χ0v) is 15.2. The minimum atomic E-state index is -0.00274. The Morgan fingerprint density at radius 3 is 2.78 bits per heavy atom. The Labute approximate surface area is 156 Å². The van der Waals surface area contributed by atoms with Gasteiger partial charge in [0.2, 0.25) is 0 Å². The molecule has 1 aliphatic carbocycles. The van der Waals surface area contributed by atoms with Crippen molar-refractivity contribution in [3.05, 3.63) is 52.4 Å². The molecule has 0 saturated heterocycles. The van der Waals surface area contributed by atoms with E-state index < -0.39 is 0 Å². The lowest BCUT2D eigenvalue weighted by atomic mass is 10.1. The van der Waals surface area contributed by atoms with Crippen LogP contribution in [0.1, 0.15) is 37.3 Å². The smallest absolute Gasteiger partial charge is 0.252 e. The number of benzene rings is 1. The van der Waals surface area contributed by atoms with E-state index >= 15 is 0 Å². The number of nitrogens with one attached hydrogen (secondary N) is 1. The third-order valence-corrected chi connectivity index (χ3v) is 5.62. The zero-order valence-electron chi connectivity index (χ0n) is 15.2. The standard InChI is InChI=1S/C21H21N5O/c1-12-10-17(27)26(15-4-2-3-5-15)21-18(12)19(22)24-20(25-21)14-6-7-16-13(11-14)8-9-23-16/h6-11,15,23H,2-5H2,1H3,(H2,22,24,25). The third kappa shape index (κ3) is 2.51. The van der Waals surface area contributed by atoms with Crippen molar-refractivity contribution >= 4 is 27.8 Å². The van der Waals surface area contributed by atoms with Gasteiger partial charge in [0.1, 0.15) is 11.5 Å². The number of nitrogens with two attached hydrogens (primary N) is 1. The maximum absolute atomic E-state index is 12.8. The Kier molecular flexibility index (Phi) is 3.53. The molecule has 6 nitrogen and oxygen atoms in total. The molecule has 0 radical (unpaired) electrons. The lowest BCUT2D eigenvalue weighted by molar-refractivity contribution is 0.515. The minimum Gasteiger partial charge on any atom is -0.383 e. The second-order valence-electron chi connectivity index (χ2n) is 7.38. The maximum atomic E-state index is 12.8. The first-order chi connectivity index (χ1) is 13.1. The number of hydrogen-bond acceptors (Lipinski definition) is 4. The summed E-state index contributed by atoms with van der Waals surface area (Å²) in [6.45, 7) is 1.90. The number of pyridine rings is 1. The van der Waals surface area contributed by atoms with Crippen molar-refractivity contribution in [2.45, 2.75) is 38.6 Å². The van der Waals surface area contributed by atoms with Gasteiger partial charge in [0.05, 0.1) is 5.39 Å². The molecule has 3 heterocycles. The number of aryl methyl sites for hydroxylation is 1. The van der Waals surface area contributed by atoms with Crippen molar-refractivity contribution in [3.8, 4) is 11.4 Å². The van der Waals surface area contributed by atoms with Crippen molar-refractivity contribution in [1.82, 2.24) is 19.5 Å². The van der Waals surface area contributed by atoms with Gasteiger partial charge in [-0.15, -0.1) is 0 Å². The Bertz CT molecular complexity index is 1230. The maximum Gasteiger partial charge on any atom is 0.252 e. The molecule has 0 spiro atoms. The molecule has 0 amide bonds. The van der Waals surface area contributed by atoms with E-state index in [-0.39, 0.29) is 11.6 Å². The van der Waals surface area contributed by atoms with Crippen LogP contribution in [0.15, 0.2) is 41.3 Å². The van der Waals surface area contributed by atoms with Gasteiger partial charge in [-0.05, 0) is 49.6 Å². The van der Waals surface area contributed by atoms with Crippen LogP contribution >= 0.6 is 0 Å². The van der Waals surface area contributed by atoms with Crippen LogP contribution in [0.4, 0.5) is 5.82 Å². The van der Waals surface area contributed by atoms with Crippen LogP contribution in [0.25, 0.3) is 33.3 Å². The van der Waals surface area contributed by atoms with Gasteiger partial charge in [0, 0.05) is 34.8 Å². The summed E-state index contributed by atoms with van der Waals surface area (Å²) >= 11 is 0. The molecule has 0 bridgehead atoms. The predicted molar refractivity (Wildman–Crippen MR) is 108 cm³/mol. The fourth-order valence-corrected chi connectivity index (χ4v) is 4.29. The highest BCUT2D eigenvalue weighted by Gasteiger charge is 2.23. The van der Waals surface area contributed by atoms with Crippen LogP contribution in [0.3, 0.4) is 0 Å². The molecule has 1 fully saturated rings. The Hall–Kier alpha value is -3.15. The number of anilines is 1. The van der Waals surface area contributed by atoms with E-state index in [1.54, 1.807) is 6.07 Å². The molecule has 5 rings (SSSR count). The quantitative estimate of drug-likeness (QED) is 0.567. The van der Waals surface area contributed by atoms with Gasteiger partial charge in [0.15, 0.2) is 5.82 Å². The second-order valence-corrected chi connectivity index (χ2v) is 7.38. The molecule has 1 saturated carbocycles. The van der Waals surface area contributed by atoms with E-state index in [0.717, 1.165) is 53.1 Å². The summed E-state index contributed by atoms with van der Waals surface area (Å²) in [5.74, 6) is 0.980. The Morgan fingerprint density at radius 1 is 1.15 bits per heavy atom. The van der Waals surface area contributed by atoms with Crippen molar-refractivity contribution in [1.29, 1.82) is 0 Å². The summed E-state index contributed by atoms with van der Waals surface area (Å²) in [5, 5.41) is 1.88. The number of rotatable bonds is 2. The van der Waals surface area contributed by atoms with Crippen molar-refractivity contribution < 1.29 is 0 Å². The molecule has 0 aliphatic heterocycles. The van der Waals surface area contributed by atoms with Crippen LogP contribution in [-0.2, 0) is 0 Å². The summed E-state index contributed by atoms with van der Waals surface area (Å²) in [6.07, 6.45) is 6.21. The lowest BCUT2D eigenvalue weighted by Crippen LogP contribution is -2.25. The summed E-state index contributed by atoms with van der Waals surface area (Å²) in [5.41, 5.74) is 9.77. The fraction of sp³-hybridized carbons (Fsp3) is 0.286. The van der Waals surface area contributed by atoms with Crippen molar-refractivity contribution in [2.75, 3.05) is 5.73 Å². The lowest BCUT2D eigenvalue weighted by Gasteiger charge is -2.18. The van der Waals surface area contributed by atoms with Gasteiger partial charge in [-0.2, -0.15) is 0 Å². The Morgan fingerprint density at radius 2 is 1.96 bits per heavy atom. The van der Waals surface area contributed by atoms with Crippen LogP contribution < -0.4 is 11.3 Å². The highest BCUT2D eigenvalue weighted by molar-refractivity contribution is 5.91. The molecule has 136 valence electrons. The van der Waals surface area contributed by atoms with Gasteiger partial charge in [-0.25, -0.2) is 9.97 Å². The van der Waals surface area contributed by atoms with Gasteiger partial charge < -0.3 is 10.7 Å². The number of aromatic amines is 1. The van der Waals surface area contributed by atoms with Gasteiger partial charge in [-0.1, -0.05) is 12.8 Å². The number of fused-ring (bicyclic) bond motifs is 2. The number of aromatic nitrogens is 4. The number of H-pyrrole nitrogens is 1. The van der Waals surface area contributed by atoms with Crippen LogP contribution in [-0.4, -0.2) is 19.5 Å². The summed E-state index contributed by atoms with van der Waals surface area (Å²) in [6, 6.07) is 9.89. The van der Waals surface area contributed by atoms with Crippen molar-refractivity contribution in [3.63, 3.8) is 0 Å². The summed E-state index contributed by atoms with van der Waals surface area (Å²) < 4.78 is 1.84. The number of nitrogens with zero attached hydrogens (tertiary/aromatic N) is 3. The molecule has 27 heavy (non-hydrogen) atoms. The van der Waals surface area contributed by atoms with E-state index in [1.165, 1.54) is 0 Å². The first-order valence-corrected chi connectivity index (χ1v) is 9.39. The molecule has 0 unspecified atom stereocenters. The normalized spacial score (nSPS) is 15.1. The molecular formula is C21H21N5O. The van der Waals surface area contributed by atoms with Crippen LogP contribution in [0, 0.1) is 6.92 Å². The monoisotopic (exact) mass is 359 g/mol. The predicted octanol–water partition coefficient (Wildman–Crippen LogP) is 3.95. The average Bonchev–Trinajstić information content (AvgIpc) is 3.32. The molecule has 4 aromatic rings. The highest BCUT2D eigenvalue weighted by atomic mass is 16.1. The molecule has 6 heteroatoms. The fourth-order valence-electron chi connectivity index (χ4n) is 4.29. The minimum absolute atomic E-state index is 0.00274. The summed E-state index contributed by atoms with van der Waals surface area (Å²) in [4.78, 5) is 25.4. The van der Waals surface area contributed by atoms with Crippen LogP contribution in [0.5, 0.6) is 0 Å². The summed E-state index contributed by atoms with van der Waals surface area (Å²) in [7, 11) is 0. The van der Waals surface area contributed by atoms with Gasteiger partial charge in [-0.3, -0.25) is 9.36 Å². The SMILES string of the molecule is Cc1cc(=O)n(C2CCCC2)c2nc(-c3ccc4[nH]ccc4c3)nc(N)c12. The third-order valence-electron chi connectivity index (χ3n) is 5.62. The molecule has 0 atom stereocenters. The number of hydrogen-bond donors (Lipinski definition) is 2. The zero-order chi connectivity index (χ0) is 18.5. The van der Waals surface area contributed by atoms with E-state index in [2.05, 4.69) is 9.97 Å². The van der Waals surface area contributed by atoms with E-state index in [1.807, 2.05) is 42.0 Å². The molecule has 1 aliphatic rings. The van der Waals surface area contributed by atoms with Crippen molar-refractivity contribution in [2.24, 2.45) is 0 Å². The first-order valence-electron chi connectivity index (χ1n) is 9.39. The number of nitrogen functional groups attached to an aromatic ring is 1. The van der Waals surface area contributed by atoms with Gasteiger partial charge >= 0.3 is 0 Å². The first kappa shape index (κ1) is 16.1. The molecule has 3 N–H and O–H groups in total. The second kappa shape index (κ2) is 5.94. The Balaban J connectivity index is 1.79. The van der Waals surface area contributed by atoms with Crippen LogP contribution in [0.2, 0.25) is 0 Å².